The number of carbonyl (C=O) groups excluding carboxylic acids is 1. The number of halogens is 3. The summed E-state index contributed by atoms with van der Waals surface area (Å²) < 4.78 is 46.4. The Hall–Kier alpha value is -1.96. The normalized spacial score (nSPS) is 15.6. The zero-order valence-corrected chi connectivity index (χ0v) is 15.3. The molecule has 0 saturated carbocycles. The van der Waals surface area contributed by atoms with E-state index in [1.807, 2.05) is 0 Å². The molecule has 0 bridgehead atoms. The number of nitrogens with zero attached hydrogens (tertiary/aromatic N) is 2. The van der Waals surface area contributed by atoms with E-state index in [1.165, 1.54) is 18.2 Å². The van der Waals surface area contributed by atoms with Gasteiger partial charge in [0.15, 0.2) is 0 Å². The highest BCUT2D eigenvalue weighted by Crippen LogP contribution is 2.26. The number of piperazine rings is 1. The molecule has 27 heavy (non-hydrogen) atoms. The molecule has 1 radical (unpaired) electrons. The van der Waals surface area contributed by atoms with Crippen molar-refractivity contribution in [2.75, 3.05) is 32.7 Å². The molecule has 2 rings (SSSR count). The van der Waals surface area contributed by atoms with E-state index in [9.17, 15) is 18.0 Å². The molecule has 1 amide bonds. The van der Waals surface area contributed by atoms with E-state index >= 15 is 0 Å². The first-order chi connectivity index (χ1) is 12.9. The van der Waals surface area contributed by atoms with Gasteiger partial charge in [0.1, 0.15) is 12.4 Å². The second-order valence-electron chi connectivity index (χ2n) is 6.45. The lowest BCUT2D eigenvalue weighted by Crippen LogP contribution is -2.48. The van der Waals surface area contributed by atoms with Crippen molar-refractivity contribution < 1.29 is 27.4 Å². The van der Waals surface area contributed by atoms with Crippen LogP contribution >= 0.6 is 0 Å². The summed E-state index contributed by atoms with van der Waals surface area (Å²) in [6.45, 7) is 7.21. The largest absolute Gasteiger partial charge is 0.573 e. The highest BCUT2D eigenvalue weighted by Gasteiger charge is 2.32. The van der Waals surface area contributed by atoms with Gasteiger partial charge < -0.3 is 14.4 Å². The van der Waals surface area contributed by atoms with Gasteiger partial charge in [-0.15, -0.1) is 13.2 Å². The fourth-order valence-corrected chi connectivity index (χ4v) is 2.92. The number of benzene rings is 1. The minimum absolute atomic E-state index is 0.173. The van der Waals surface area contributed by atoms with E-state index in [4.69, 9.17) is 4.74 Å². The first-order valence-electron chi connectivity index (χ1n) is 9.16. The number of hydrogen-bond donors (Lipinski definition) is 0. The lowest BCUT2D eigenvalue weighted by atomic mass is 10.2. The summed E-state index contributed by atoms with van der Waals surface area (Å²) in [4.78, 5) is 16.1. The van der Waals surface area contributed by atoms with Crippen molar-refractivity contribution in [1.82, 2.24) is 9.80 Å². The van der Waals surface area contributed by atoms with E-state index in [1.54, 1.807) is 11.0 Å². The zero-order chi connectivity index (χ0) is 19.7. The van der Waals surface area contributed by atoms with Crippen LogP contribution in [0.5, 0.6) is 5.75 Å². The molecule has 1 heterocycles. The molecule has 151 valence electrons. The third kappa shape index (κ3) is 7.66. The topological polar surface area (TPSA) is 42.0 Å². The Morgan fingerprint density at radius 3 is 2.44 bits per heavy atom. The van der Waals surface area contributed by atoms with E-state index in [2.05, 4.69) is 16.6 Å². The average molecular weight is 387 g/mol. The van der Waals surface area contributed by atoms with Crippen molar-refractivity contribution in [1.29, 1.82) is 0 Å². The Balaban J connectivity index is 1.76. The van der Waals surface area contributed by atoms with Crippen molar-refractivity contribution in [3.05, 3.63) is 36.8 Å². The molecule has 1 saturated heterocycles. The lowest BCUT2D eigenvalue weighted by Gasteiger charge is -2.34. The van der Waals surface area contributed by atoms with Gasteiger partial charge in [-0.25, -0.2) is 4.79 Å². The van der Waals surface area contributed by atoms with Crippen molar-refractivity contribution >= 4 is 6.09 Å². The van der Waals surface area contributed by atoms with Crippen molar-refractivity contribution in [3.8, 4) is 5.75 Å². The summed E-state index contributed by atoms with van der Waals surface area (Å²) in [5.74, 6) is -0.357. The molecule has 0 aliphatic carbocycles. The summed E-state index contributed by atoms with van der Waals surface area (Å²) >= 11 is 0. The highest BCUT2D eigenvalue weighted by atomic mass is 19.4. The molecule has 1 aromatic rings. The fourth-order valence-electron chi connectivity index (χ4n) is 2.92. The first-order valence-corrected chi connectivity index (χ1v) is 9.16. The molecule has 0 spiro atoms. The van der Waals surface area contributed by atoms with Gasteiger partial charge in [-0.2, -0.15) is 0 Å². The van der Waals surface area contributed by atoms with Crippen LogP contribution in [0.25, 0.3) is 0 Å². The molecule has 0 unspecified atom stereocenters. The number of unbranched alkanes of at least 4 members (excludes halogenated alkanes) is 3. The third-order valence-electron chi connectivity index (χ3n) is 4.40. The summed E-state index contributed by atoms with van der Waals surface area (Å²) in [6, 6.07) is 5.64. The second kappa shape index (κ2) is 10.4. The Labute approximate surface area is 158 Å². The van der Waals surface area contributed by atoms with Crippen molar-refractivity contribution in [3.63, 3.8) is 0 Å². The molecule has 1 aliphatic rings. The maximum Gasteiger partial charge on any atom is 0.573 e. The number of rotatable bonds is 8. The number of para-hydroxylation sites is 1. The van der Waals surface area contributed by atoms with Gasteiger partial charge in [0.2, 0.25) is 0 Å². The predicted molar refractivity (Wildman–Crippen MR) is 95.1 cm³/mol. The van der Waals surface area contributed by atoms with Gasteiger partial charge in [0.05, 0.1) is 0 Å². The van der Waals surface area contributed by atoms with Crippen LogP contribution in [0.15, 0.2) is 24.3 Å². The quantitative estimate of drug-likeness (QED) is 0.626. The Bertz CT molecular complexity index is 588. The minimum Gasteiger partial charge on any atom is -0.444 e. The van der Waals surface area contributed by atoms with Gasteiger partial charge in [0.25, 0.3) is 0 Å². The van der Waals surface area contributed by atoms with Gasteiger partial charge in [-0.3, -0.25) is 4.90 Å². The zero-order valence-electron chi connectivity index (χ0n) is 15.3. The smallest absolute Gasteiger partial charge is 0.444 e. The predicted octanol–water partition coefficient (Wildman–Crippen LogP) is 4.23. The number of carbonyl (C=O) groups is 1. The van der Waals surface area contributed by atoms with Crippen LogP contribution in [-0.2, 0) is 11.3 Å². The molecule has 0 aromatic heterocycles. The second-order valence-corrected chi connectivity index (χ2v) is 6.45. The number of ether oxygens (including phenoxy) is 2. The minimum atomic E-state index is -4.79. The molecule has 1 aliphatic heterocycles. The Morgan fingerprint density at radius 2 is 1.78 bits per heavy atom. The van der Waals surface area contributed by atoms with Gasteiger partial charge >= 0.3 is 12.5 Å². The maximum atomic E-state index is 12.4. The van der Waals surface area contributed by atoms with E-state index in [-0.39, 0.29) is 17.9 Å². The maximum absolute atomic E-state index is 12.4. The van der Waals surface area contributed by atoms with Gasteiger partial charge in [-0.05, 0) is 19.0 Å². The van der Waals surface area contributed by atoms with Crippen LogP contribution in [-0.4, -0.2) is 55.0 Å². The molecule has 8 heteroatoms. The molecular weight excluding hydrogens is 361 g/mol. The van der Waals surface area contributed by atoms with Crippen LogP contribution in [0.1, 0.15) is 31.2 Å². The Kier molecular flexibility index (Phi) is 8.22. The molecule has 1 fully saturated rings. The standard InChI is InChI=1S/C19H26F3N2O3/c1-2-3-4-7-10-23-11-13-24(14-12-23)18(25)26-15-16-8-5-6-9-17(16)27-19(20,21)22/h5-6,8-9H,1-4,7,10-15H2. The van der Waals surface area contributed by atoms with Crippen LogP contribution in [0.3, 0.4) is 0 Å². The number of alkyl halides is 3. The monoisotopic (exact) mass is 387 g/mol. The highest BCUT2D eigenvalue weighted by molar-refractivity contribution is 5.67. The number of amides is 1. The Morgan fingerprint density at radius 1 is 1.07 bits per heavy atom. The van der Waals surface area contributed by atoms with Crippen molar-refractivity contribution in [2.24, 2.45) is 0 Å². The summed E-state index contributed by atoms with van der Waals surface area (Å²) in [6.07, 6.45) is -0.943. The SMILES string of the molecule is [CH2]CCCCCN1CCN(C(=O)OCc2ccccc2OC(F)(F)F)CC1. The van der Waals surface area contributed by atoms with Crippen molar-refractivity contribution in [2.45, 2.75) is 38.7 Å². The molecular formula is C19H26F3N2O3. The molecule has 1 aromatic carbocycles. The summed E-state index contributed by atoms with van der Waals surface area (Å²) in [7, 11) is 0. The number of hydrogen-bond acceptors (Lipinski definition) is 4. The fraction of sp³-hybridized carbons (Fsp3) is 0.579. The van der Waals surface area contributed by atoms with Gasteiger partial charge in [0, 0.05) is 31.7 Å². The molecule has 0 atom stereocenters. The van der Waals surface area contributed by atoms with E-state index in [0.717, 1.165) is 45.3 Å². The van der Waals surface area contributed by atoms with E-state index in [0.29, 0.717) is 13.1 Å². The molecule has 5 nitrogen and oxygen atoms in total. The van der Waals surface area contributed by atoms with Crippen LogP contribution in [0.2, 0.25) is 0 Å². The lowest BCUT2D eigenvalue weighted by molar-refractivity contribution is -0.275. The summed E-state index contributed by atoms with van der Waals surface area (Å²) in [5.41, 5.74) is 0.173. The van der Waals surface area contributed by atoms with Crippen LogP contribution in [0.4, 0.5) is 18.0 Å². The first kappa shape index (κ1) is 21.3. The molecule has 0 N–H and O–H groups in total. The van der Waals surface area contributed by atoms with Crippen LogP contribution in [0, 0.1) is 6.92 Å². The average Bonchev–Trinajstić information content (AvgIpc) is 2.63. The van der Waals surface area contributed by atoms with Gasteiger partial charge in [-0.1, -0.05) is 44.4 Å². The van der Waals surface area contributed by atoms with Crippen LogP contribution < -0.4 is 4.74 Å². The summed E-state index contributed by atoms with van der Waals surface area (Å²) in [5, 5.41) is 0. The van der Waals surface area contributed by atoms with E-state index < -0.39 is 12.5 Å². The third-order valence-corrected chi connectivity index (χ3v) is 4.40.